The van der Waals surface area contributed by atoms with E-state index in [0.717, 1.165) is 50.3 Å². The number of non-ortho nitro benzene ring substituents is 1. The number of hydrogen-bond acceptors (Lipinski definition) is 4. The van der Waals surface area contributed by atoms with Crippen molar-refractivity contribution in [2.45, 2.75) is 19.8 Å². The van der Waals surface area contributed by atoms with Crippen LogP contribution >= 0.6 is 0 Å². The Balaban J connectivity index is 1.42. The van der Waals surface area contributed by atoms with E-state index in [1.54, 1.807) is 12.1 Å². The Kier molecular flexibility index (Phi) is 6.19. The maximum absolute atomic E-state index is 12.5. The second-order valence-corrected chi connectivity index (χ2v) is 7.06. The van der Waals surface area contributed by atoms with Crippen LogP contribution in [0.2, 0.25) is 0 Å². The number of benzene rings is 2. The van der Waals surface area contributed by atoms with Crippen molar-refractivity contribution in [2.75, 3.05) is 32.7 Å². The van der Waals surface area contributed by atoms with E-state index in [4.69, 9.17) is 0 Å². The van der Waals surface area contributed by atoms with Gasteiger partial charge >= 0.3 is 0 Å². The maximum Gasteiger partial charge on any atom is 0.269 e. The van der Waals surface area contributed by atoms with Gasteiger partial charge in [0.15, 0.2) is 0 Å². The lowest BCUT2D eigenvalue weighted by molar-refractivity contribution is -0.384. The standard InChI is InChI=1S/C21H25N3O3/c1-17-2-4-19(5-3-17)16-21(25)23-14-12-22(13-15-23)11-10-18-6-8-20(9-7-18)24(26)27/h2-9H,10-16H2,1H3. The third-order valence-corrected chi connectivity index (χ3v) is 5.06. The number of aryl methyl sites for hydroxylation is 1. The largest absolute Gasteiger partial charge is 0.340 e. The van der Waals surface area contributed by atoms with E-state index in [1.807, 2.05) is 48.2 Å². The Bertz CT molecular complexity index is 779. The summed E-state index contributed by atoms with van der Waals surface area (Å²) in [5.74, 6) is 0.189. The second kappa shape index (κ2) is 8.77. The van der Waals surface area contributed by atoms with E-state index in [1.165, 1.54) is 5.56 Å². The lowest BCUT2D eigenvalue weighted by Gasteiger charge is -2.34. The molecule has 0 spiro atoms. The Morgan fingerprint density at radius 3 is 2.15 bits per heavy atom. The number of nitrogens with zero attached hydrogens (tertiary/aromatic N) is 3. The minimum Gasteiger partial charge on any atom is -0.340 e. The molecule has 1 saturated heterocycles. The van der Waals surface area contributed by atoms with Crippen molar-refractivity contribution >= 4 is 11.6 Å². The van der Waals surface area contributed by atoms with Gasteiger partial charge in [0.1, 0.15) is 0 Å². The highest BCUT2D eigenvalue weighted by atomic mass is 16.6. The van der Waals surface area contributed by atoms with Crippen LogP contribution in [0.3, 0.4) is 0 Å². The number of carbonyl (C=O) groups is 1. The monoisotopic (exact) mass is 367 g/mol. The van der Waals surface area contributed by atoms with Crippen LogP contribution in [0.4, 0.5) is 5.69 Å². The smallest absolute Gasteiger partial charge is 0.269 e. The van der Waals surface area contributed by atoms with Gasteiger partial charge in [-0.05, 0) is 24.5 Å². The average molecular weight is 367 g/mol. The number of amides is 1. The van der Waals surface area contributed by atoms with Gasteiger partial charge in [0, 0.05) is 44.9 Å². The molecule has 2 aromatic rings. The Morgan fingerprint density at radius 2 is 1.56 bits per heavy atom. The van der Waals surface area contributed by atoms with E-state index in [-0.39, 0.29) is 16.5 Å². The average Bonchev–Trinajstić information content (AvgIpc) is 2.69. The van der Waals surface area contributed by atoms with E-state index < -0.39 is 0 Å². The zero-order chi connectivity index (χ0) is 19.2. The zero-order valence-electron chi connectivity index (χ0n) is 15.6. The number of nitro groups is 1. The van der Waals surface area contributed by atoms with Gasteiger partial charge in [0.2, 0.25) is 5.91 Å². The fourth-order valence-electron chi connectivity index (χ4n) is 3.28. The van der Waals surface area contributed by atoms with Gasteiger partial charge in [-0.1, -0.05) is 42.0 Å². The predicted molar refractivity (Wildman–Crippen MR) is 105 cm³/mol. The fourth-order valence-corrected chi connectivity index (χ4v) is 3.28. The molecule has 0 N–H and O–H groups in total. The highest BCUT2D eigenvalue weighted by Gasteiger charge is 2.21. The van der Waals surface area contributed by atoms with Gasteiger partial charge in [-0.25, -0.2) is 0 Å². The number of carbonyl (C=O) groups excluding carboxylic acids is 1. The van der Waals surface area contributed by atoms with E-state index in [0.29, 0.717) is 6.42 Å². The van der Waals surface area contributed by atoms with Crippen LogP contribution in [0.1, 0.15) is 16.7 Å². The van der Waals surface area contributed by atoms with Crippen molar-refractivity contribution in [2.24, 2.45) is 0 Å². The molecule has 2 aromatic carbocycles. The van der Waals surface area contributed by atoms with Crippen LogP contribution in [0.25, 0.3) is 0 Å². The van der Waals surface area contributed by atoms with Gasteiger partial charge in [0.05, 0.1) is 11.3 Å². The molecule has 6 heteroatoms. The molecule has 27 heavy (non-hydrogen) atoms. The maximum atomic E-state index is 12.5. The Morgan fingerprint density at radius 1 is 0.963 bits per heavy atom. The van der Waals surface area contributed by atoms with E-state index in [9.17, 15) is 14.9 Å². The summed E-state index contributed by atoms with van der Waals surface area (Å²) in [6, 6.07) is 14.9. The number of piperazine rings is 1. The molecule has 1 aliphatic rings. The van der Waals surface area contributed by atoms with Gasteiger partial charge in [-0.3, -0.25) is 19.8 Å². The Labute approximate surface area is 159 Å². The summed E-state index contributed by atoms with van der Waals surface area (Å²) in [6.07, 6.45) is 1.32. The summed E-state index contributed by atoms with van der Waals surface area (Å²) in [6.45, 7) is 6.19. The minimum atomic E-state index is -0.378. The second-order valence-electron chi connectivity index (χ2n) is 7.06. The molecule has 0 radical (unpaired) electrons. The van der Waals surface area contributed by atoms with Crippen molar-refractivity contribution in [3.8, 4) is 0 Å². The van der Waals surface area contributed by atoms with Crippen LogP contribution in [-0.2, 0) is 17.6 Å². The van der Waals surface area contributed by atoms with Crippen LogP contribution < -0.4 is 0 Å². The van der Waals surface area contributed by atoms with Gasteiger partial charge in [0.25, 0.3) is 5.69 Å². The predicted octanol–water partition coefficient (Wildman–Crippen LogP) is 2.83. The molecule has 3 rings (SSSR count). The number of rotatable bonds is 6. The first-order chi connectivity index (χ1) is 13.0. The molecule has 1 fully saturated rings. The topological polar surface area (TPSA) is 66.7 Å². The first-order valence-electron chi connectivity index (χ1n) is 9.30. The molecular weight excluding hydrogens is 342 g/mol. The summed E-state index contributed by atoms with van der Waals surface area (Å²) in [5.41, 5.74) is 3.48. The van der Waals surface area contributed by atoms with Crippen molar-refractivity contribution in [3.05, 3.63) is 75.3 Å². The van der Waals surface area contributed by atoms with Crippen molar-refractivity contribution < 1.29 is 9.72 Å². The van der Waals surface area contributed by atoms with E-state index >= 15 is 0 Å². The third kappa shape index (κ3) is 5.37. The van der Waals surface area contributed by atoms with Crippen LogP contribution in [-0.4, -0.2) is 53.4 Å². The molecular formula is C21H25N3O3. The summed E-state index contributed by atoms with van der Waals surface area (Å²) in [7, 11) is 0. The first-order valence-corrected chi connectivity index (χ1v) is 9.30. The molecule has 0 atom stereocenters. The van der Waals surface area contributed by atoms with Gasteiger partial charge in [-0.15, -0.1) is 0 Å². The molecule has 0 bridgehead atoms. The lowest BCUT2D eigenvalue weighted by Crippen LogP contribution is -2.49. The van der Waals surface area contributed by atoms with Crippen molar-refractivity contribution in [3.63, 3.8) is 0 Å². The number of hydrogen-bond donors (Lipinski definition) is 0. The molecule has 0 unspecified atom stereocenters. The van der Waals surface area contributed by atoms with E-state index in [2.05, 4.69) is 4.90 Å². The summed E-state index contributed by atoms with van der Waals surface area (Å²) in [5, 5.41) is 10.7. The minimum absolute atomic E-state index is 0.124. The Hall–Kier alpha value is -2.73. The molecule has 0 saturated carbocycles. The summed E-state index contributed by atoms with van der Waals surface area (Å²) < 4.78 is 0. The van der Waals surface area contributed by atoms with Gasteiger partial charge in [-0.2, -0.15) is 0 Å². The quantitative estimate of drug-likeness (QED) is 0.582. The molecule has 1 aliphatic heterocycles. The molecule has 6 nitrogen and oxygen atoms in total. The zero-order valence-corrected chi connectivity index (χ0v) is 15.6. The highest BCUT2D eigenvalue weighted by Crippen LogP contribution is 2.13. The fraction of sp³-hybridized carbons (Fsp3) is 0.381. The van der Waals surface area contributed by atoms with Crippen LogP contribution in [0, 0.1) is 17.0 Å². The molecule has 1 heterocycles. The van der Waals surface area contributed by atoms with Crippen LogP contribution in [0.5, 0.6) is 0 Å². The molecule has 142 valence electrons. The van der Waals surface area contributed by atoms with Gasteiger partial charge < -0.3 is 4.90 Å². The summed E-state index contributed by atoms with van der Waals surface area (Å²) >= 11 is 0. The summed E-state index contributed by atoms with van der Waals surface area (Å²) in [4.78, 5) is 27.1. The van der Waals surface area contributed by atoms with Crippen molar-refractivity contribution in [1.29, 1.82) is 0 Å². The lowest BCUT2D eigenvalue weighted by atomic mass is 10.1. The number of nitro benzene ring substituents is 1. The SMILES string of the molecule is Cc1ccc(CC(=O)N2CCN(CCc3ccc([N+](=O)[O-])cc3)CC2)cc1. The van der Waals surface area contributed by atoms with Crippen molar-refractivity contribution in [1.82, 2.24) is 9.80 Å². The first kappa shape index (κ1) is 19.0. The molecule has 0 aromatic heterocycles. The third-order valence-electron chi connectivity index (χ3n) is 5.06. The normalized spacial score (nSPS) is 14.9. The molecule has 0 aliphatic carbocycles. The van der Waals surface area contributed by atoms with Crippen LogP contribution in [0.15, 0.2) is 48.5 Å². The highest BCUT2D eigenvalue weighted by molar-refractivity contribution is 5.78. The molecule has 1 amide bonds.